The topological polar surface area (TPSA) is 46.0 Å². The van der Waals surface area contributed by atoms with Crippen LogP contribution >= 0.6 is 15.9 Å². The summed E-state index contributed by atoms with van der Waals surface area (Å²) in [5.74, 6) is -0.397. The van der Waals surface area contributed by atoms with Crippen LogP contribution in [0.15, 0.2) is 27.4 Å². The van der Waals surface area contributed by atoms with E-state index in [1.54, 1.807) is 0 Å². The molecule has 68 valence electrons. The van der Waals surface area contributed by atoms with Gasteiger partial charge in [-0.3, -0.25) is 4.98 Å². The third kappa shape index (κ3) is 1.67. The summed E-state index contributed by atoms with van der Waals surface area (Å²) in [6.45, 7) is 0. The highest BCUT2D eigenvalue weighted by Gasteiger charge is 2.00. The zero-order valence-corrected chi connectivity index (χ0v) is 8.43. The Morgan fingerprint density at radius 3 is 3.08 bits per heavy atom. The van der Waals surface area contributed by atoms with Gasteiger partial charge in [0.15, 0.2) is 5.58 Å². The molecule has 0 unspecified atom stereocenters. The summed E-state index contributed by atoms with van der Waals surface area (Å²) < 4.78 is 4.93. The summed E-state index contributed by atoms with van der Waals surface area (Å²) in [4.78, 5) is 13.4. The first-order valence-electron chi connectivity index (χ1n) is 3.97. The van der Waals surface area contributed by atoms with Crippen molar-refractivity contribution in [3.05, 3.63) is 34.3 Å². The van der Waals surface area contributed by atoms with Crippen molar-refractivity contribution in [3.8, 4) is 0 Å². The van der Waals surface area contributed by atoms with E-state index >= 15 is 0 Å². The van der Waals surface area contributed by atoms with Crippen molar-refractivity contribution < 1.29 is 4.42 Å². The third-order valence-electron chi connectivity index (χ3n) is 1.87. The van der Waals surface area contributed by atoms with Gasteiger partial charge in [-0.1, -0.05) is 22.0 Å². The predicted octanol–water partition coefficient (Wildman–Crippen LogP) is 2.06. The van der Waals surface area contributed by atoms with Crippen molar-refractivity contribution in [2.75, 3.05) is 5.33 Å². The molecule has 3 nitrogen and oxygen atoms in total. The Bertz CT molecular complexity index is 472. The first-order valence-corrected chi connectivity index (χ1v) is 5.09. The average molecular weight is 242 g/mol. The summed E-state index contributed by atoms with van der Waals surface area (Å²) in [5.41, 5.74) is 2.54. The fourth-order valence-corrected chi connectivity index (χ4v) is 1.71. The standard InChI is InChI=1S/C9H8BrNO2/c10-4-3-6-1-2-7-8(5-6)13-9(12)11-7/h1-2,5H,3-4H2,(H,11,12). The van der Waals surface area contributed by atoms with Crippen molar-refractivity contribution in [2.45, 2.75) is 6.42 Å². The Morgan fingerprint density at radius 2 is 2.31 bits per heavy atom. The van der Waals surface area contributed by atoms with E-state index in [-0.39, 0.29) is 0 Å². The Morgan fingerprint density at radius 1 is 1.46 bits per heavy atom. The number of oxazole rings is 1. The van der Waals surface area contributed by atoms with E-state index in [0.29, 0.717) is 5.58 Å². The SMILES string of the molecule is O=c1[nH]c2ccc(CCBr)cc2o1. The maximum atomic E-state index is 10.8. The van der Waals surface area contributed by atoms with E-state index in [1.165, 1.54) is 0 Å². The molecule has 0 aliphatic carbocycles. The first kappa shape index (κ1) is 8.56. The van der Waals surface area contributed by atoms with Gasteiger partial charge in [0.2, 0.25) is 0 Å². The summed E-state index contributed by atoms with van der Waals surface area (Å²) in [6, 6.07) is 5.72. The van der Waals surface area contributed by atoms with E-state index in [1.807, 2.05) is 18.2 Å². The van der Waals surface area contributed by atoms with Gasteiger partial charge >= 0.3 is 5.76 Å². The number of aromatic amines is 1. The highest BCUT2D eigenvalue weighted by Crippen LogP contribution is 2.13. The summed E-state index contributed by atoms with van der Waals surface area (Å²) in [5, 5.41) is 0.910. The fourth-order valence-electron chi connectivity index (χ4n) is 1.25. The van der Waals surface area contributed by atoms with Crippen LogP contribution in [0, 0.1) is 0 Å². The van der Waals surface area contributed by atoms with Crippen LogP contribution in [0.4, 0.5) is 0 Å². The van der Waals surface area contributed by atoms with Crippen LogP contribution in [0.25, 0.3) is 11.1 Å². The molecular weight excluding hydrogens is 234 g/mol. The number of halogens is 1. The fraction of sp³-hybridized carbons (Fsp3) is 0.222. The second-order valence-electron chi connectivity index (χ2n) is 2.78. The quantitative estimate of drug-likeness (QED) is 0.819. The van der Waals surface area contributed by atoms with E-state index in [4.69, 9.17) is 4.42 Å². The van der Waals surface area contributed by atoms with Crippen LogP contribution in [0.2, 0.25) is 0 Å². The molecule has 0 aliphatic heterocycles. The van der Waals surface area contributed by atoms with Gasteiger partial charge in [0.05, 0.1) is 5.52 Å². The van der Waals surface area contributed by atoms with Crippen LogP contribution in [0.5, 0.6) is 0 Å². The minimum atomic E-state index is -0.397. The van der Waals surface area contributed by atoms with Crippen LogP contribution < -0.4 is 5.76 Å². The molecule has 13 heavy (non-hydrogen) atoms. The minimum absolute atomic E-state index is 0.397. The van der Waals surface area contributed by atoms with Gasteiger partial charge in [-0.25, -0.2) is 4.79 Å². The van der Waals surface area contributed by atoms with Crippen LogP contribution in [0.1, 0.15) is 5.56 Å². The predicted molar refractivity (Wildman–Crippen MR) is 54.3 cm³/mol. The summed E-state index contributed by atoms with van der Waals surface area (Å²) in [7, 11) is 0. The highest BCUT2D eigenvalue weighted by atomic mass is 79.9. The molecule has 0 bridgehead atoms. The molecule has 0 radical (unpaired) electrons. The lowest BCUT2D eigenvalue weighted by Gasteiger charge is -1.95. The number of H-pyrrole nitrogens is 1. The maximum Gasteiger partial charge on any atom is 0.417 e. The van der Waals surface area contributed by atoms with Crippen LogP contribution in [0.3, 0.4) is 0 Å². The molecule has 0 fully saturated rings. The van der Waals surface area contributed by atoms with Crippen molar-refractivity contribution in [1.82, 2.24) is 4.98 Å². The maximum absolute atomic E-state index is 10.8. The zero-order chi connectivity index (χ0) is 9.26. The van der Waals surface area contributed by atoms with Gasteiger partial charge in [-0.2, -0.15) is 0 Å². The molecule has 2 aromatic rings. The van der Waals surface area contributed by atoms with Gasteiger partial charge in [-0.05, 0) is 24.1 Å². The molecule has 0 atom stereocenters. The first-order chi connectivity index (χ1) is 6.29. The molecule has 1 aromatic heterocycles. The average Bonchev–Trinajstić information content (AvgIpc) is 2.44. The normalized spacial score (nSPS) is 10.8. The summed E-state index contributed by atoms with van der Waals surface area (Å²) >= 11 is 3.36. The molecule has 2 rings (SSSR count). The highest BCUT2D eigenvalue weighted by molar-refractivity contribution is 9.09. The van der Waals surface area contributed by atoms with E-state index < -0.39 is 5.76 Å². The Kier molecular flexibility index (Phi) is 2.22. The molecule has 1 N–H and O–H groups in total. The third-order valence-corrected chi connectivity index (χ3v) is 2.27. The van der Waals surface area contributed by atoms with E-state index in [9.17, 15) is 4.79 Å². The molecule has 1 heterocycles. The number of benzene rings is 1. The zero-order valence-electron chi connectivity index (χ0n) is 6.84. The number of fused-ring (bicyclic) bond motifs is 1. The minimum Gasteiger partial charge on any atom is -0.408 e. The molecule has 0 aliphatic rings. The molecule has 0 saturated heterocycles. The molecule has 4 heteroatoms. The number of hydrogen-bond acceptors (Lipinski definition) is 2. The van der Waals surface area contributed by atoms with Gasteiger partial charge in [0.25, 0.3) is 0 Å². The Balaban J connectivity index is 2.54. The van der Waals surface area contributed by atoms with Crippen molar-refractivity contribution in [3.63, 3.8) is 0 Å². The van der Waals surface area contributed by atoms with E-state index in [0.717, 1.165) is 22.8 Å². The molecule has 0 saturated carbocycles. The van der Waals surface area contributed by atoms with Crippen LogP contribution in [-0.4, -0.2) is 10.3 Å². The monoisotopic (exact) mass is 241 g/mol. The second kappa shape index (κ2) is 3.38. The molecule has 0 spiro atoms. The van der Waals surface area contributed by atoms with Crippen molar-refractivity contribution in [2.24, 2.45) is 0 Å². The van der Waals surface area contributed by atoms with Crippen molar-refractivity contribution >= 4 is 27.0 Å². The van der Waals surface area contributed by atoms with Gasteiger partial charge in [0, 0.05) is 5.33 Å². The Hall–Kier alpha value is -1.03. The second-order valence-corrected chi connectivity index (χ2v) is 3.58. The lowest BCUT2D eigenvalue weighted by molar-refractivity contribution is 0.555. The molecular formula is C9H8BrNO2. The Labute approximate surface area is 82.9 Å². The lowest BCUT2D eigenvalue weighted by atomic mass is 10.1. The number of nitrogens with one attached hydrogen (secondary N) is 1. The lowest BCUT2D eigenvalue weighted by Crippen LogP contribution is -1.92. The number of aromatic nitrogens is 1. The largest absolute Gasteiger partial charge is 0.417 e. The van der Waals surface area contributed by atoms with Gasteiger partial charge < -0.3 is 4.42 Å². The smallest absolute Gasteiger partial charge is 0.408 e. The molecule has 1 aromatic carbocycles. The van der Waals surface area contributed by atoms with Crippen LogP contribution in [-0.2, 0) is 6.42 Å². The molecule has 0 amide bonds. The number of aryl methyl sites for hydroxylation is 1. The van der Waals surface area contributed by atoms with Gasteiger partial charge in [0.1, 0.15) is 0 Å². The number of rotatable bonds is 2. The summed E-state index contributed by atoms with van der Waals surface area (Å²) in [6.07, 6.45) is 0.935. The van der Waals surface area contributed by atoms with Crippen molar-refractivity contribution in [1.29, 1.82) is 0 Å². The van der Waals surface area contributed by atoms with Gasteiger partial charge in [-0.15, -0.1) is 0 Å². The van der Waals surface area contributed by atoms with E-state index in [2.05, 4.69) is 20.9 Å². The number of hydrogen-bond donors (Lipinski definition) is 1. The number of alkyl halides is 1.